The van der Waals surface area contributed by atoms with Crippen molar-refractivity contribution in [1.29, 1.82) is 0 Å². The molecule has 0 saturated carbocycles. The Hall–Kier alpha value is -1.30. The van der Waals surface area contributed by atoms with Crippen molar-refractivity contribution in [2.45, 2.75) is 39.8 Å². The predicted molar refractivity (Wildman–Crippen MR) is 97.5 cm³/mol. The molecular weight excluding hydrogens is 349 g/mol. The lowest BCUT2D eigenvalue weighted by atomic mass is 10.1. The van der Waals surface area contributed by atoms with Crippen molar-refractivity contribution in [3.05, 3.63) is 33.8 Å². The Morgan fingerprint density at radius 2 is 1.62 bits per heavy atom. The molecule has 0 spiro atoms. The van der Waals surface area contributed by atoms with E-state index in [4.69, 9.17) is 23.2 Å². The van der Waals surface area contributed by atoms with Crippen molar-refractivity contribution < 1.29 is 14.5 Å². The van der Waals surface area contributed by atoms with Crippen LogP contribution in [0.3, 0.4) is 0 Å². The highest BCUT2D eigenvalue weighted by molar-refractivity contribution is 6.42. The summed E-state index contributed by atoms with van der Waals surface area (Å²) >= 11 is 11.9. The molecule has 5 nitrogen and oxygen atoms in total. The molecule has 0 radical (unpaired) electrons. The summed E-state index contributed by atoms with van der Waals surface area (Å²) in [5.74, 6) is -0.157. The smallest absolute Gasteiger partial charge is 0.275 e. The normalized spacial score (nSPS) is 13.5. The third-order valence-electron chi connectivity index (χ3n) is 3.59. The van der Waals surface area contributed by atoms with E-state index in [-0.39, 0.29) is 37.0 Å². The van der Waals surface area contributed by atoms with Crippen LogP contribution in [-0.4, -0.2) is 37.5 Å². The van der Waals surface area contributed by atoms with E-state index in [9.17, 15) is 9.59 Å². The predicted octanol–water partition coefficient (Wildman–Crippen LogP) is 1.60. The molecule has 2 atom stereocenters. The van der Waals surface area contributed by atoms with Crippen molar-refractivity contribution in [3.63, 3.8) is 0 Å². The number of carbonyl (C=O) groups excluding carboxylic acids is 2. The van der Waals surface area contributed by atoms with Gasteiger partial charge in [0.25, 0.3) is 11.8 Å². The lowest BCUT2D eigenvalue weighted by molar-refractivity contribution is -0.881. The SMILES string of the molecule is CC[NH+](CC(=O)NC(C)C)CC(=O)N[C@H](C)c1ccc(Cl)c(Cl)c1. The second kappa shape index (κ2) is 9.87. The zero-order valence-corrected chi connectivity index (χ0v) is 16.1. The first-order valence-electron chi connectivity index (χ1n) is 8.10. The minimum Gasteiger partial charge on any atom is -0.349 e. The molecule has 134 valence electrons. The van der Waals surface area contributed by atoms with Gasteiger partial charge in [0, 0.05) is 6.04 Å². The third kappa shape index (κ3) is 7.07. The number of benzene rings is 1. The van der Waals surface area contributed by atoms with Crippen LogP contribution in [0, 0.1) is 0 Å². The van der Waals surface area contributed by atoms with Crippen molar-refractivity contribution in [2.24, 2.45) is 0 Å². The molecule has 0 fully saturated rings. The zero-order valence-electron chi connectivity index (χ0n) is 14.6. The largest absolute Gasteiger partial charge is 0.349 e. The fraction of sp³-hybridized carbons (Fsp3) is 0.529. The number of halogens is 2. The Balaban J connectivity index is 2.56. The maximum Gasteiger partial charge on any atom is 0.275 e. The first kappa shape index (κ1) is 20.7. The number of hydrogen-bond donors (Lipinski definition) is 3. The van der Waals surface area contributed by atoms with Gasteiger partial charge in [-0.15, -0.1) is 0 Å². The number of quaternary nitrogens is 1. The van der Waals surface area contributed by atoms with Crippen LogP contribution in [0.5, 0.6) is 0 Å². The molecule has 0 saturated heterocycles. The highest BCUT2D eigenvalue weighted by Gasteiger charge is 2.19. The monoisotopic (exact) mass is 374 g/mol. The van der Waals surface area contributed by atoms with E-state index in [1.54, 1.807) is 12.1 Å². The van der Waals surface area contributed by atoms with Crippen LogP contribution in [0.4, 0.5) is 0 Å². The minimum atomic E-state index is -0.185. The van der Waals surface area contributed by atoms with E-state index in [2.05, 4.69) is 10.6 Å². The van der Waals surface area contributed by atoms with E-state index in [0.29, 0.717) is 16.6 Å². The summed E-state index contributed by atoms with van der Waals surface area (Å²) in [6.45, 7) is 8.88. The molecule has 3 N–H and O–H groups in total. The van der Waals surface area contributed by atoms with E-state index in [1.807, 2.05) is 33.8 Å². The van der Waals surface area contributed by atoms with Gasteiger partial charge in [0.1, 0.15) is 0 Å². The molecule has 0 bridgehead atoms. The van der Waals surface area contributed by atoms with Crippen LogP contribution in [0.15, 0.2) is 18.2 Å². The summed E-state index contributed by atoms with van der Waals surface area (Å²) in [5, 5.41) is 6.71. The molecule has 1 rings (SSSR count). The van der Waals surface area contributed by atoms with E-state index < -0.39 is 0 Å². The molecule has 0 heterocycles. The molecule has 7 heteroatoms. The van der Waals surface area contributed by atoms with E-state index in [1.165, 1.54) is 0 Å². The third-order valence-corrected chi connectivity index (χ3v) is 4.33. The highest BCUT2D eigenvalue weighted by Crippen LogP contribution is 2.25. The molecule has 1 aromatic rings. The van der Waals surface area contributed by atoms with Gasteiger partial charge < -0.3 is 15.5 Å². The average molecular weight is 375 g/mol. The quantitative estimate of drug-likeness (QED) is 0.646. The molecule has 24 heavy (non-hydrogen) atoms. The lowest BCUT2D eigenvalue weighted by Crippen LogP contribution is -3.14. The molecule has 1 unspecified atom stereocenters. The van der Waals surface area contributed by atoms with Crippen LogP contribution in [-0.2, 0) is 9.59 Å². The Morgan fingerprint density at radius 3 is 2.12 bits per heavy atom. The summed E-state index contributed by atoms with van der Waals surface area (Å²) in [7, 11) is 0. The van der Waals surface area contributed by atoms with Crippen molar-refractivity contribution in [3.8, 4) is 0 Å². The van der Waals surface area contributed by atoms with Gasteiger partial charge in [-0.3, -0.25) is 9.59 Å². The highest BCUT2D eigenvalue weighted by atomic mass is 35.5. The van der Waals surface area contributed by atoms with Gasteiger partial charge in [-0.05, 0) is 45.4 Å². The summed E-state index contributed by atoms with van der Waals surface area (Å²) in [4.78, 5) is 25.0. The van der Waals surface area contributed by atoms with Gasteiger partial charge in [0.05, 0.1) is 22.6 Å². The Kier molecular flexibility index (Phi) is 8.53. The summed E-state index contributed by atoms with van der Waals surface area (Å²) in [6.07, 6.45) is 0. The number of amides is 2. The minimum absolute atomic E-state index is 0.0489. The Labute approximate surface area is 153 Å². The van der Waals surface area contributed by atoms with E-state index in [0.717, 1.165) is 10.5 Å². The Bertz CT molecular complexity index is 579. The second-order valence-corrected chi connectivity index (χ2v) is 6.96. The van der Waals surface area contributed by atoms with Crippen molar-refractivity contribution >= 4 is 35.0 Å². The molecular formula is C17H26Cl2N3O2+. The topological polar surface area (TPSA) is 62.6 Å². The van der Waals surface area contributed by atoms with Gasteiger partial charge >= 0.3 is 0 Å². The molecule has 2 amide bonds. The fourth-order valence-electron chi connectivity index (χ4n) is 2.30. The van der Waals surface area contributed by atoms with Crippen LogP contribution < -0.4 is 15.5 Å². The van der Waals surface area contributed by atoms with Crippen LogP contribution >= 0.6 is 23.2 Å². The summed E-state index contributed by atoms with van der Waals surface area (Å²) in [6, 6.07) is 5.20. The van der Waals surface area contributed by atoms with Gasteiger partial charge in [0.2, 0.25) is 0 Å². The van der Waals surface area contributed by atoms with Crippen molar-refractivity contribution in [1.82, 2.24) is 10.6 Å². The Morgan fingerprint density at radius 1 is 1.04 bits per heavy atom. The fourth-order valence-corrected chi connectivity index (χ4v) is 2.60. The standard InChI is InChI=1S/C17H25Cl2N3O2/c1-5-22(9-16(23)20-11(2)3)10-17(24)21-12(4)13-6-7-14(18)15(19)8-13/h6-8,11-12H,5,9-10H2,1-4H3,(H,20,23)(H,21,24)/p+1/t12-/m1/s1. The summed E-state index contributed by atoms with van der Waals surface area (Å²) in [5.41, 5.74) is 0.883. The number of hydrogen-bond acceptors (Lipinski definition) is 2. The number of nitrogens with one attached hydrogen (secondary N) is 3. The first-order valence-corrected chi connectivity index (χ1v) is 8.85. The first-order chi connectivity index (χ1) is 11.2. The maximum absolute atomic E-state index is 12.2. The van der Waals surface area contributed by atoms with Crippen LogP contribution in [0.25, 0.3) is 0 Å². The van der Waals surface area contributed by atoms with Crippen molar-refractivity contribution in [2.75, 3.05) is 19.6 Å². The molecule has 0 aliphatic carbocycles. The maximum atomic E-state index is 12.2. The van der Waals surface area contributed by atoms with Gasteiger partial charge in [-0.2, -0.15) is 0 Å². The van der Waals surface area contributed by atoms with E-state index >= 15 is 0 Å². The molecule has 0 aliphatic rings. The number of rotatable bonds is 8. The number of likely N-dealkylation sites (N-methyl/N-ethyl adjacent to an activating group) is 1. The van der Waals surface area contributed by atoms with Crippen LogP contribution in [0.1, 0.15) is 39.3 Å². The average Bonchev–Trinajstić information content (AvgIpc) is 2.48. The van der Waals surface area contributed by atoms with Gasteiger partial charge in [-0.25, -0.2) is 0 Å². The van der Waals surface area contributed by atoms with Gasteiger partial charge in [-0.1, -0.05) is 29.3 Å². The summed E-state index contributed by atoms with van der Waals surface area (Å²) < 4.78 is 0. The van der Waals surface area contributed by atoms with Gasteiger partial charge in [0.15, 0.2) is 13.1 Å². The number of carbonyl (C=O) groups is 2. The molecule has 0 aromatic heterocycles. The second-order valence-electron chi connectivity index (χ2n) is 6.14. The van der Waals surface area contributed by atoms with Crippen LogP contribution in [0.2, 0.25) is 10.0 Å². The lowest BCUT2D eigenvalue weighted by Gasteiger charge is -2.20. The molecule has 0 aliphatic heterocycles. The zero-order chi connectivity index (χ0) is 18.3. The molecule has 1 aromatic carbocycles.